The Hall–Kier alpha value is -0.0800. The number of likely N-dealkylation sites (N-methyl/N-ethyl adjacent to an activating group) is 2. The van der Waals surface area contributed by atoms with Crippen molar-refractivity contribution in [1.82, 2.24) is 9.80 Å². The second-order valence-electron chi connectivity index (χ2n) is 7.55. The average Bonchev–Trinajstić information content (AvgIpc) is 1.92. The van der Waals surface area contributed by atoms with Crippen LogP contribution in [0.3, 0.4) is 0 Å². The smallest absolute Gasteiger partial charge is 0.0298 e. The first-order chi connectivity index (χ1) is 6.89. The molecule has 0 aliphatic carbocycles. The SMILES string of the molecule is CN(C)[C@@H]([C@H](N(C)C)C(C)(C)C)C(C)(C)C. The van der Waals surface area contributed by atoms with E-state index in [-0.39, 0.29) is 10.8 Å². The van der Waals surface area contributed by atoms with E-state index in [2.05, 4.69) is 79.5 Å². The van der Waals surface area contributed by atoms with Crippen molar-refractivity contribution in [3.8, 4) is 0 Å². The normalized spacial score (nSPS) is 18.0. The van der Waals surface area contributed by atoms with E-state index in [1.165, 1.54) is 0 Å². The third kappa shape index (κ3) is 4.06. The lowest BCUT2D eigenvalue weighted by Crippen LogP contribution is -2.58. The molecule has 2 atom stereocenters. The summed E-state index contributed by atoms with van der Waals surface area (Å²) in [5, 5.41) is 0. The molecule has 0 bridgehead atoms. The van der Waals surface area contributed by atoms with E-state index in [4.69, 9.17) is 0 Å². The Labute approximate surface area is 103 Å². The fourth-order valence-corrected chi connectivity index (χ4v) is 3.06. The van der Waals surface area contributed by atoms with E-state index >= 15 is 0 Å². The van der Waals surface area contributed by atoms with Crippen molar-refractivity contribution < 1.29 is 0 Å². The van der Waals surface area contributed by atoms with Gasteiger partial charge in [0, 0.05) is 12.1 Å². The molecule has 0 fully saturated rings. The summed E-state index contributed by atoms with van der Waals surface area (Å²) in [5.74, 6) is 0. The van der Waals surface area contributed by atoms with Crippen molar-refractivity contribution in [3.63, 3.8) is 0 Å². The van der Waals surface area contributed by atoms with Crippen molar-refractivity contribution in [2.45, 2.75) is 53.6 Å². The summed E-state index contributed by atoms with van der Waals surface area (Å²) in [5.41, 5.74) is 0.567. The molecular formula is C14H32N2. The molecule has 0 amide bonds. The maximum absolute atomic E-state index is 2.37. The highest BCUT2D eigenvalue weighted by Gasteiger charge is 2.41. The molecule has 2 nitrogen and oxygen atoms in total. The zero-order chi connectivity index (χ0) is 13.3. The van der Waals surface area contributed by atoms with Gasteiger partial charge in [0.05, 0.1) is 0 Å². The predicted octanol–water partition coefficient (Wildman–Crippen LogP) is 2.94. The molecular weight excluding hydrogens is 196 g/mol. The van der Waals surface area contributed by atoms with Crippen LogP contribution in [0.1, 0.15) is 41.5 Å². The maximum Gasteiger partial charge on any atom is 0.0298 e. The fourth-order valence-electron chi connectivity index (χ4n) is 3.06. The van der Waals surface area contributed by atoms with E-state index in [9.17, 15) is 0 Å². The van der Waals surface area contributed by atoms with Gasteiger partial charge in [0.15, 0.2) is 0 Å². The van der Waals surface area contributed by atoms with Crippen LogP contribution in [0.25, 0.3) is 0 Å². The van der Waals surface area contributed by atoms with Gasteiger partial charge in [0.25, 0.3) is 0 Å². The molecule has 0 unspecified atom stereocenters. The van der Waals surface area contributed by atoms with Crippen LogP contribution in [-0.2, 0) is 0 Å². The lowest BCUT2D eigenvalue weighted by Gasteiger charge is -2.49. The average molecular weight is 228 g/mol. The number of rotatable bonds is 3. The minimum absolute atomic E-state index is 0.283. The van der Waals surface area contributed by atoms with Gasteiger partial charge in [0.2, 0.25) is 0 Å². The molecule has 98 valence electrons. The molecule has 0 radical (unpaired) electrons. The van der Waals surface area contributed by atoms with Gasteiger partial charge in [-0.3, -0.25) is 0 Å². The van der Waals surface area contributed by atoms with Crippen LogP contribution in [-0.4, -0.2) is 50.1 Å². The Morgan fingerprint density at radius 1 is 0.562 bits per heavy atom. The topological polar surface area (TPSA) is 6.48 Å². The highest BCUT2D eigenvalue weighted by Crippen LogP contribution is 2.35. The van der Waals surface area contributed by atoms with Gasteiger partial charge in [-0.2, -0.15) is 0 Å². The second kappa shape index (κ2) is 5.05. The van der Waals surface area contributed by atoms with Crippen LogP contribution in [0.5, 0.6) is 0 Å². The first kappa shape index (κ1) is 15.9. The predicted molar refractivity (Wildman–Crippen MR) is 73.9 cm³/mol. The monoisotopic (exact) mass is 228 g/mol. The molecule has 0 rings (SSSR count). The molecule has 0 aliphatic rings. The Morgan fingerprint density at radius 2 is 0.750 bits per heavy atom. The number of hydrogen-bond acceptors (Lipinski definition) is 2. The van der Waals surface area contributed by atoms with Crippen molar-refractivity contribution in [3.05, 3.63) is 0 Å². The summed E-state index contributed by atoms with van der Waals surface area (Å²) in [6.07, 6.45) is 0. The number of nitrogens with zero attached hydrogens (tertiary/aromatic N) is 2. The maximum atomic E-state index is 2.37. The van der Waals surface area contributed by atoms with Gasteiger partial charge >= 0.3 is 0 Å². The van der Waals surface area contributed by atoms with Crippen molar-refractivity contribution in [2.24, 2.45) is 10.8 Å². The molecule has 0 N–H and O–H groups in total. The van der Waals surface area contributed by atoms with Gasteiger partial charge < -0.3 is 9.80 Å². The van der Waals surface area contributed by atoms with Crippen LogP contribution >= 0.6 is 0 Å². The molecule has 0 heterocycles. The van der Waals surface area contributed by atoms with E-state index in [1.54, 1.807) is 0 Å². The van der Waals surface area contributed by atoms with Gasteiger partial charge in [0.1, 0.15) is 0 Å². The second-order valence-corrected chi connectivity index (χ2v) is 7.55. The van der Waals surface area contributed by atoms with Gasteiger partial charge in [-0.15, -0.1) is 0 Å². The van der Waals surface area contributed by atoms with Crippen LogP contribution in [0.15, 0.2) is 0 Å². The minimum atomic E-state index is 0.283. The van der Waals surface area contributed by atoms with Crippen LogP contribution in [0.4, 0.5) is 0 Å². The summed E-state index contributed by atoms with van der Waals surface area (Å²) in [4.78, 5) is 4.74. The Kier molecular flexibility index (Phi) is 5.03. The molecule has 16 heavy (non-hydrogen) atoms. The fraction of sp³-hybridized carbons (Fsp3) is 1.00. The number of hydrogen-bond donors (Lipinski definition) is 0. The van der Waals surface area contributed by atoms with Crippen LogP contribution in [0, 0.1) is 10.8 Å². The summed E-state index contributed by atoms with van der Waals surface area (Å²) >= 11 is 0. The van der Waals surface area contributed by atoms with Gasteiger partial charge in [-0.25, -0.2) is 0 Å². The Morgan fingerprint density at radius 3 is 0.812 bits per heavy atom. The standard InChI is InChI=1S/C14H32N2/c1-13(2,3)11(15(7)8)12(16(9)10)14(4,5)6/h11-12H,1-10H3/t11-,12-/m0/s1. The zero-order valence-corrected chi connectivity index (χ0v) is 13.0. The summed E-state index contributed by atoms with van der Waals surface area (Å²) in [6, 6.07) is 1.09. The minimum Gasteiger partial charge on any atom is -0.304 e. The van der Waals surface area contributed by atoms with E-state index in [0.717, 1.165) is 0 Å². The lowest BCUT2D eigenvalue weighted by molar-refractivity contribution is 0.00872. The van der Waals surface area contributed by atoms with Crippen molar-refractivity contribution in [2.75, 3.05) is 28.2 Å². The molecule has 0 aromatic rings. The molecule has 0 aliphatic heterocycles. The van der Waals surface area contributed by atoms with Crippen molar-refractivity contribution >= 4 is 0 Å². The third-order valence-corrected chi connectivity index (χ3v) is 3.19. The van der Waals surface area contributed by atoms with Crippen LogP contribution < -0.4 is 0 Å². The van der Waals surface area contributed by atoms with E-state index in [1.807, 2.05) is 0 Å². The van der Waals surface area contributed by atoms with Gasteiger partial charge in [-0.05, 0) is 39.0 Å². The highest BCUT2D eigenvalue weighted by molar-refractivity contribution is 4.96. The Balaban J connectivity index is 5.30. The zero-order valence-electron chi connectivity index (χ0n) is 13.0. The molecule has 0 aromatic carbocycles. The van der Waals surface area contributed by atoms with Crippen molar-refractivity contribution in [1.29, 1.82) is 0 Å². The summed E-state index contributed by atoms with van der Waals surface area (Å²) in [7, 11) is 8.77. The first-order valence-electron chi connectivity index (χ1n) is 6.22. The largest absolute Gasteiger partial charge is 0.304 e. The first-order valence-corrected chi connectivity index (χ1v) is 6.22. The summed E-state index contributed by atoms with van der Waals surface area (Å²) in [6.45, 7) is 14.0. The Bertz CT molecular complexity index is 182. The van der Waals surface area contributed by atoms with E-state index in [0.29, 0.717) is 12.1 Å². The van der Waals surface area contributed by atoms with Gasteiger partial charge in [-0.1, -0.05) is 41.5 Å². The van der Waals surface area contributed by atoms with E-state index < -0.39 is 0 Å². The summed E-state index contributed by atoms with van der Waals surface area (Å²) < 4.78 is 0. The molecule has 0 saturated heterocycles. The molecule has 2 heteroatoms. The lowest BCUT2D eigenvalue weighted by atomic mass is 9.71. The molecule has 0 aromatic heterocycles. The van der Waals surface area contributed by atoms with Crippen LogP contribution in [0.2, 0.25) is 0 Å². The third-order valence-electron chi connectivity index (χ3n) is 3.19. The molecule has 0 saturated carbocycles. The highest BCUT2D eigenvalue weighted by atomic mass is 15.2. The quantitative estimate of drug-likeness (QED) is 0.733. The molecule has 0 spiro atoms.